The molecular formula is C13H20ClN3O2. The highest BCUT2D eigenvalue weighted by molar-refractivity contribution is 6.31. The molecule has 3 atom stereocenters. The number of halogens is 1. The molecule has 0 spiro atoms. The molecule has 2 fully saturated rings. The number of aryl methyl sites for hydroxylation is 1. The lowest BCUT2D eigenvalue weighted by Gasteiger charge is -2.37. The first-order chi connectivity index (χ1) is 9.20. The minimum absolute atomic E-state index is 0.214. The SMILES string of the molecule is CCn1ncc(Cl)c1C(O)C1CN2CCCC2CO1. The molecule has 1 aromatic rings. The molecule has 0 bridgehead atoms. The first-order valence-electron chi connectivity index (χ1n) is 6.95. The standard InChI is InChI=1S/C13H20ClN3O2/c1-2-17-12(10(14)6-15-17)13(18)11-7-16-5-3-4-9(16)8-19-11/h6,9,11,13,18H,2-5,7-8H2,1H3. The normalized spacial score (nSPS) is 29.4. The molecule has 19 heavy (non-hydrogen) atoms. The van der Waals surface area contributed by atoms with E-state index in [1.807, 2.05) is 6.92 Å². The van der Waals surface area contributed by atoms with Gasteiger partial charge in [-0.25, -0.2) is 0 Å². The van der Waals surface area contributed by atoms with Gasteiger partial charge < -0.3 is 9.84 Å². The van der Waals surface area contributed by atoms with E-state index >= 15 is 0 Å². The Balaban J connectivity index is 1.76. The van der Waals surface area contributed by atoms with Crippen molar-refractivity contribution < 1.29 is 9.84 Å². The Morgan fingerprint density at radius 2 is 2.47 bits per heavy atom. The van der Waals surface area contributed by atoms with Crippen molar-refractivity contribution in [2.45, 2.75) is 44.6 Å². The molecule has 0 radical (unpaired) electrons. The topological polar surface area (TPSA) is 50.5 Å². The van der Waals surface area contributed by atoms with Gasteiger partial charge in [0.15, 0.2) is 0 Å². The Kier molecular flexibility index (Phi) is 3.80. The number of aliphatic hydroxyl groups is 1. The van der Waals surface area contributed by atoms with Gasteiger partial charge in [-0.3, -0.25) is 9.58 Å². The van der Waals surface area contributed by atoms with Crippen molar-refractivity contribution in [3.63, 3.8) is 0 Å². The van der Waals surface area contributed by atoms with Crippen molar-refractivity contribution in [3.05, 3.63) is 16.9 Å². The number of ether oxygens (including phenoxy) is 1. The highest BCUT2D eigenvalue weighted by atomic mass is 35.5. The van der Waals surface area contributed by atoms with Crippen LogP contribution >= 0.6 is 11.6 Å². The average Bonchev–Trinajstić information content (AvgIpc) is 3.02. The zero-order valence-corrected chi connectivity index (χ0v) is 11.9. The smallest absolute Gasteiger partial charge is 0.124 e. The Hall–Kier alpha value is -0.620. The minimum atomic E-state index is -0.712. The largest absolute Gasteiger partial charge is 0.384 e. The third-order valence-corrected chi connectivity index (χ3v) is 4.47. The predicted octanol–water partition coefficient (Wildman–Crippen LogP) is 1.45. The maximum absolute atomic E-state index is 10.5. The first kappa shape index (κ1) is 13.4. The van der Waals surface area contributed by atoms with E-state index in [1.165, 1.54) is 12.8 Å². The van der Waals surface area contributed by atoms with Crippen molar-refractivity contribution in [2.24, 2.45) is 0 Å². The second-order valence-electron chi connectivity index (χ2n) is 5.30. The van der Waals surface area contributed by atoms with Crippen LogP contribution in [0.3, 0.4) is 0 Å². The van der Waals surface area contributed by atoms with Crippen molar-refractivity contribution in [2.75, 3.05) is 19.7 Å². The number of rotatable bonds is 3. The van der Waals surface area contributed by atoms with Gasteiger partial charge in [0.25, 0.3) is 0 Å². The van der Waals surface area contributed by atoms with Crippen LogP contribution in [0.4, 0.5) is 0 Å². The van der Waals surface area contributed by atoms with E-state index in [1.54, 1.807) is 10.9 Å². The number of fused-ring (bicyclic) bond motifs is 1. The van der Waals surface area contributed by atoms with Gasteiger partial charge in [0.1, 0.15) is 12.2 Å². The lowest BCUT2D eigenvalue weighted by molar-refractivity contribution is -0.105. The fourth-order valence-electron chi connectivity index (χ4n) is 3.13. The first-order valence-corrected chi connectivity index (χ1v) is 7.33. The molecule has 5 nitrogen and oxygen atoms in total. The number of aliphatic hydroxyl groups excluding tert-OH is 1. The van der Waals surface area contributed by atoms with E-state index in [-0.39, 0.29) is 6.10 Å². The van der Waals surface area contributed by atoms with Gasteiger partial charge in [0.05, 0.1) is 23.5 Å². The Labute approximate surface area is 118 Å². The summed E-state index contributed by atoms with van der Waals surface area (Å²) in [5, 5.41) is 15.2. The lowest BCUT2D eigenvalue weighted by Crippen LogP contribution is -2.48. The molecule has 0 amide bonds. The molecule has 0 aromatic carbocycles. The van der Waals surface area contributed by atoms with Crippen LogP contribution in [0.15, 0.2) is 6.20 Å². The maximum atomic E-state index is 10.5. The number of hydrogen-bond acceptors (Lipinski definition) is 4. The molecule has 2 aliphatic heterocycles. The fraction of sp³-hybridized carbons (Fsp3) is 0.769. The molecule has 3 rings (SSSR count). The van der Waals surface area contributed by atoms with Gasteiger partial charge in [0.2, 0.25) is 0 Å². The number of nitrogens with zero attached hydrogens (tertiary/aromatic N) is 3. The summed E-state index contributed by atoms with van der Waals surface area (Å²) in [6.07, 6.45) is 3.09. The zero-order valence-electron chi connectivity index (χ0n) is 11.1. The van der Waals surface area contributed by atoms with Gasteiger partial charge in [-0.05, 0) is 26.3 Å². The summed E-state index contributed by atoms with van der Waals surface area (Å²) in [4.78, 5) is 2.41. The molecule has 0 saturated carbocycles. The molecule has 1 aromatic heterocycles. The lowest BCUT2D eigenvalue weighted by atomic mass is 10.1. The maximum Gasteiger partial charge on any atom is 0.124 e. The van der Waals surface area contributed by atoms with Gasteiger partial charge in [-0.2, -0.15) is 5.10 Å². The van der Waals surface area contributed by atoms with Crippen LogP contribution in [0, 0.1) is 0 Å². The second-order valence-corrected chi connectivity index (χ2v) is 5.71. The summed E-state index contributed by atoms with van der Waals surface area (Å²) in [6.45, 7) is 5.27. The number of hydrogen-bond donors (Lipinski definition) is 1. The van der Waals surface area contributed by atoms with Crippen LogP contribution in [0.1, 0.15) is 31.6 Å². The van der Waals surface area contributed by atoms with Crippen molar-refractivity contribution in [3.8, 4) is 0 Å². The average molecular weight is 286 g/mol. The molecule has 106 valence electrons. The zero-order chi connectivity index (χ0) is 13.4. The summed E-state index contributed by atoms with van der Waals surface area (Å²) >= 11 is 6.14. The summed E-state index contributed by atoms with van der Waals surface area (Å²) in [5.74, 6) is 0. The van der Waals surface area contributed by atoms with Gasteiger partial charge in [-0.1, -0.05) is 11.6 Å². The quantitative estimate of drug-likeness (QED) is 0.913. The summed E-state index contributed by atoms with van der Waals surface area (Å²) in [5.41, 5.74) is 0.673. The Morgan fingerprint density at radius 3 is 3.26 bits per heavy atom. The van der Waals surface area contributed by atoms with Gasteiger partial charge in [0, 0.05) is 19.1 Å². The fourth-order valence-corrected chi connectivity index (χ4v) is 3.38. The van der Waals surface area contributed by atoms with Crippen LogP contribution < -0.4 is 0 Å². The molecule has 3 unspecified atom stereocenters. The van der Waals surface area contributed by atoms with E-state index < -0.39 is 6.10 Å². The number of morpholine rings is 1. The van der Waals surface area contributed by atoms with Crippen LogP contribution in [0.25, 0.3) is 0 Å². The van der Waals surface area contributed by atoms with Crippen molar-refractivity contribution >= 4 is 11.6 Å². The van der Waals surface area contributed by atoms with Crippen molar-refractivity contribution in [1.82, 2.24) is 14.7 Å². The van der Waals surface area contributed by atoms with Gasteiger partial charge >= 0.3 is 0 Å². The number of aromatic nitrogens is 2. The second kappa shape index (κ2) is 5.40. The molecule has 2 aliphatic rings. The Bertz CT molecular complexity index is 451. The van der Waals surface area contributed by atoms with Crippen molar-refractivity contribution in [1.29, 1.82) is 0 Å². The molecule has 2 saturated heterocycles. The van der Waals surface area contributed by atoms with Crippen LogP contribution in [-0.4, -0.2) is 51.6 Å². The highest BCUT2D eigenvalue weighted by Crippen LogP contribution is 2.31. The summed E-state index contributed by atoms with van der Waals surface area (Å²) < 4.78 is 7.58. The van der Waals surface area contributed by atoms with E-state index in [2.05, 4.69) is 10.00 Å². The predicted molar refractivity (Wildman–Crippen MR) is 72.2 cm³/mol. The van der Waals surface area contributed by atoms with Crippen LogP contribution in [-0.2, 0) is 11.3 Å². The van der Waals surface area contributed by atoms with Crippen LogP contribution in [0.2, 0.25) is 5.02 Å². The van der Waals surface area contributed by atoms with E-state index in [0.717, 1.165) is 13.1 Å². The summed E-state index contributed by atoms with van der Waals surface area (Å²) in [6, 6.07) is 0.537. The molecule has 6 heteroatoms. The summed E-state index contributed by atoms with van der Waals surface area (Å²) in [7, 11) is 0. The Morgan fingerprint density at radius 1 is 1.63 bits per heavy atom. The molecule has 3 heterocycles. The monoisotopic (exact) mass is 285 g/mol. The van der Waals surface area contributed by atoms with E-state index in [4.69, 9.17) is 16.3 Å². The minimum Gasteiger partial charge on any atom is -0.384 e. The van der Waals surface area contributed by atoms with E-state index in [0.29, 0.717) is 29.9 Å². The third kappa shape index (κ3) is 2.40. The van der Waals surface area contributed by atoms with E-state index in [9.17, 15) is 5.11 Å². The third-order valence-electron chi connectivity index (χ3n) is 4.18. The molecule has 0 aliphatic carbocycles. The molecule has 1 N–H and O–H groups in total. The van der Waals surface area contributed by atoms with Gasteiger partial charge in [-0.15, -0.1) is 0 Å². The highest BCUT2D eigenvalue weighted by Gasteiger charge is 2.37. The van der Waals surface area contributed by atoms with Crippen LogP contribution in [0.5, 0.6) is 0 Å². The molecular weight excluding hydrogens is 266 g/mol.